The number of aromatic nitrogens is 2. The Hall–Kier alpha value is -3.35. The van der Waals surface area contributed by atoms with Gasteiger partial charge in [0.15, 0.2) is 5.76 Å². The fraction of sp³-hybridized carbons (Fsp3) is 0.192. The zero-order valence-electron chi connectivity index (χ0n) is 19.0. The molecule has 6 nitrogen and oxygen atoms in total. The molecule has 0 radical (unpaired) electrons. The van der Waals surface area contributed by atoms with Crippen LogP contribution in [0.5, 0.6) is 0 Å². The van der Waals surface area contributed by atoms with Gasteiger partial charge in [-0.2, -0.15) is 0 Å². The summed E-state index contributed by atoms with van der Waals surface area (Å²) in [7, 11) is 0. The van der Waals surface area contributed by atoms with Gasteiger partial charge in [0.05, 0.1) is 10.5 Å². The Bertz CT molecular complexity index is 1450. The van der Waals surface area contributed by atoms with E-state index in [4.69, 9.17) is 32.8 Å². The van der Waals surface area contributed by atoms with Gasteiger partial charge in [0.1, 0.15) is 11.3 Å². The number of carbonyl (C=O) groups excluding carboxylic acids is 1. The summed E-state index contributed by atoms with van der Waals surface area (Å²) in [5, 5.41) is 14.8. The third-order valence-corrected chi connectivity index (χ3v) is 6.00. The van der Waals surface area contributed by atoms with E-state index in [1.165, 1.54) is 10.6 Å². The molecule has 0 atom stereocenters. The molecule has 0 aliphatic carbocycles. The van der Waals surface area contributed by atoms with Crippen molar-refractivity contribution in [3.8, 4) is 11.3 Å². The number of carboxylic acids is 1. The summed E-state index contributed by atoms with van der Waals surface area (Å²) in [5.41, 5.74) is 2.94. The molecule has 0 aliphatic rings. The van der Waals surface area contributed by atoms with E-state index >= 15 is 0 Å². The number of carbonyl (C=O) groups is 2. The number of nitrogens with zero attached hydrogens (tertiary/aromatic N) is 2. The van der Waals surface area contributed by atoms with Crippen LogP contribution in [0.25, 0.3) is 28.3 Å². The number of benzene rings is 2. The zero-order chi connectivity index (χ0) is 24.8. The highest BCUT2D eigenvalue weighted by molar-refractivity contribution is 6.36. The van der Waals surface area contributed by atoms with Gasteiger partial charge in [-0.05, 0) is 48.4 Å². The monoisotopic (exact) mass is 496 g/mol. The van der Waals surface area contributed by atoms with Crippen molar-refractivity contribution >= 4 is 52.1 Å². The van der Waals surface area contributed by atoms with Crippen LogP contribution in [0.15, 0.2) is 53.2 Å². The average molecular weight is 497 g/mol. The maximum Gasteiger partial charge on any atom is 0.328 e. The Morgan fingerprint density at radius 1 is 1.15 bits per heavy atom. The molecule has 2 heterocycles. The molecule has 174 valence electrons. The summed E-state index contributed by atoms with van der Waals surface area (Å²) in [4.78, 5) is 25.0. The second-order valence-corrected chi connectivity index (χ2v) is 9.85. The Labute approximate surface area is 206 Å². The zero-order valence-corrected chi connectivity index (χ0v) is 20.5. The van der Waals surface area contributed by atoms with Crippen molar-refractivity contribution in [2.75, 3.05) is 0 Å². The van der Waals surface area contributed by atoms with Gasteiger partial charge < -0.3 is 9.63 Å². The highest BCUT2D eigenvalue weighted by Gasteiger charge is 2.33. The Balaban J connectivity index is 1.95. The SMILES string of the molecule is Cc1cc(Cl)cc(Cl)c1-c1onc(C(C)(C)C)c1C(=O)n1ccc2c(/C=C/C(=O)O)cccc21. The maximum atomic E-state index is 14.0. The van der Waals surface area contributed by atoms with E-state index in [1.807, 2.05) is 27.7 Å². The molecule has 0 amide bonds. The molecule has 4 aromatic rings. The molecule has 4 rings (SSSR count). The van der Waals surface area contributed by atoms with E-state index in [0.29, 0.717) is 37.9 Å². The first kappa shape index (κ1) is 23.8. The highest BCUT2D eigenvalue weighted by Crippen LogP contribution is 2.40. The lowest BCUT2D eigenvalue weighted by Crippen LogP contribution is -2.20. The number of halogens is 2. The molecule has 0 aliphatic heterocycles. The van der Waals surface area contributed by atoms with Crippen LogP contribution in [0, 0.1) is 6.92 Å². The van der Waals surface area contributed by atoms with Crippen LogP contribution in [-0.2, 0) is 10.2 Å². The molecule has 0 saturated carbocycles. The number of aryl methyl sites for hydroxylation is 1. The molecule has 0 fully saturated rings. The van der Waals surface area contributed by atoms with E-state index in [-0.39, 0.29) is 11.7 Å². The lowest BCUT2D eigenvalue weighted by molar-refractivity contribution is -0.131. The lowest BCUT2D eigenvalue weighted by atomic mass is 9.87. The molecule has 2 aromatic heterocycles. The van der Waals surface area contributed by atoms with Gasteiger partial charge in [0, 0.05) is 33.7 Å². The molecule has 34 heavy (non-hydrogen) atoms. The van der Waals surface area contributed by atoms with Crippen molar-refractivity contribution in [2.24, 2.45) is 0 Å². The number of carboxylic acid groups (broad SMARTS) is 1. The smallest absolute Gasteiger partial charge is 0.328 e. The first-order chi connectivity index (χ1) is 16.0. The van der Waals surface area contributed by atoms with Crippen LogP contribution in [0.2, 0.25) is 10.0 Å². The third-order valence-electron chi connectivity index (χ3n) is 5.49. The quantitative estimate of drug-likeness (QED) is 0.307. The molecule has 8 heteroatoms. The van der Waals surface area contributed by atoms with Crippen LogP contribution in [0.4, 0.5) is 0 Å². The number of rotatable bonds is 4. The number of aliphatic carboxylic acids is 1. The van der Waals surface area contributed by atoms with Crippen molar-refractivity contribution in [1.82, 2.24) is 9.72 Å². The van der Waals surface area contributed by atoms with Gasteiger partial charge in [-0.25, -0.2) is 4.79 Å². The molecule has 0 spiro atoms. The molecular formula is C26H22Cl2N2O4. The van der Waals surface area contributed by atoms with Gasteiger partial charge in [0.25, 0.3) is 5.91 Å². The van der Waals surface area contributed by atoms with Crippen LogP contribution < -0.4 is 0 Å². The van der Waals surface area contributed by atoms with Crippen molar-refractivity contribution in [2.45, 2.75) is 33.1 Å². The van der Waals surface area contributed by atoms with Crippen molar-refractivity contribution < 1.29 is 19.2 Å². The molecule has 2 aromatic carbocycles. The van der Waals surface area contributed by atoms with Crippen molar-refractivity contribution in [3.05, 3.63) is 81.1 Å². The molecule has 0 bridgehead atoms. The summed E-state index contributed by atoms with van der Waals surface area (Å²) in [6.45, 7) is 7.69. The molecule has 1 N–H and O–H groups in total. The van der Waals surface area contributed by atoms with Crippen molar-refractivity contribution in [3.63, 3.8) is 0 Å². The number of fused-ring (bicyclic) bond motifs is 1. The average Bonchev–Trinajstić information content (AvgIpc) is 3.36. The van der Waals surface area contributed by atoms with E-state index < -0.39 is 11.4 Å². The van der Waals surface area contributed by atoms with Gasteiger partial charge in [-0.1, -0.05) is 61.3 Å². The topological polar surface area (TPSA) is 85.3 Å². The highest BCUT2D eigenvalue weighted by atomic mass is 35.5. The van der Waals surface area contributed by atoms with E-state index in [2.05, 4.69) is 5.16 Å². The Morgan fingerprint density at radius 2 is 1.88 bits per heavy atom. The van der Waals surface area contributed by atoms with Gasteiger partial charge >= 0.3 is 5.97 Å². The van der Waals surface area contributed by atoms with Crippen LogP contribution in [0.3, 0.4) is 0 Å². The van der Waals surface area contributed by atoms with Crippen LogP contribution >= 0.6 is 23.2 Å². The first-order valence-corrected chi connectivity index (χ1v) is 11.3. The Kier molecular flexibility index (Phi) is 6.14. The Morgan fingerprint density at radius 3 is 2.53 bits per heavy atom. The summed E-state index contributed by atoms with van der Waals surface area (Å²) in [5.74, 6) is -1.11. The second-order valence-electron chi connectivity index (χ2n) is 9.01. The minimum absolute atomic E-state index is 0.276. The molecule has 0 unspecified atom stereocenters. The summed E-state index contributed by atoms with van der Waals surface area (Å²) in [6, 6.07) is 10.5. The minimum Gasteiger partial charge on any atom is -0.478 e. The van der Waals surface area contributed by atoms with E-state index in [9.17, 15) is 9.59 Å². The normalized spacial score (nSPS) is 12.1. The number of hydrogen-bond acceptors (Lipinski definition) is 4. The summed E-state index contributed by atoms with van der Waals surface area (Å²) in [6.07, 6.45) is 4.22. The molecule has 0 saturated heterocycles. The minimum atomic E-state index is -1.05. The maximum absolute atomic E-state index is 14.0. The molecular weight excluding hydrogens is 475 g/mol. The predicted octanol–water partition coefficient (Wildman–Crippen LogP) is 7.00. The fourth-order valence-electron chi connectivity index (χ4n) is 3.96. The second kappa shape index (κ2) is 8.78. The van der Waals surface area contributed by atoms with E-state index in [1.54, 1.807) is 42.6 Å². The van der Waals surface area contributed by atoms with Gasteiger partial charge in [0.2, 0.25) is 0 Å². The summed E-state index contributed by atoms with van der Waals surface area (Å²) >= 11 is 12.7. The van der Waals surface area contributed by atoms with Crippen molar-refractivity contribution in [1.29, 1.82) is 0 Å². The fourth-order valence-corrected chi connectivity index (χ4v) is 4.64. The van der Waals surface area contributed by atoms with E-state index in [0.717, 1.165) is 17.0 Å². The first-order valence-electron chi connectivity index (χ1n) is 10.5. The standard InChI is InChI=1S/C26H22Cl2N2O4/c1-14-12-16(27)13-18(28)21(14)23-22(24(29-34-23)26(2,3)4)25(33)30-11-10-17-15(8-9-20(31)32)6-5-7-19(17)30/h5-13H,1-4H3,(H,31,32)/b9-8+. The van der Waals surface area contributed by atoms with Crippen LogP contribution in [0.1, 0.15) is 48.0 Å². The van der Waals surface area contributed by atoms with Gasteiger partial charge in [-0.3, -0.25) is 9.36 Å². The third kappa shape index (κ3) is 4.27. The number of hydrogen-bond donors (Lipinski definition) is 1. The van der Waals surface area contributed by atoms with Crippen LogP contribution in [-0.4, -0.2) is 26.7 Å². The predicted molar refractivity (Wildman–Crippen MR) is 134 cm³/mol. The lowest BCUT2D eigenvalue weighted by Gasteiger charge is -2.17. The van der Waals surface area contributed by atoms with Gasteiger partial charge in [-0.15, -0.1) is 0 Å². The summed E-state index contributed by atoms with van der Waals surface area (Å²) < 4.78 is 7.25. The largest absolute Gasteiger partial charge is 0.478 e.